The lowest BCUT2D eigenvalue weighted by molar-refractivity contribution is 0.362. The highest BCUT2D eigenvalue weighted by Gasteiger charge is 2.38. The van der Waals surface area contributed by atoms with Crippen molar-refractivity contribution >= 4 is 12.9 Å². The molecular formula is C12H24N3O2P. The van der Waals surface area contributed by atoms with Crippen molar-refractivity contribution in [2.75, 3.05) is 26.2 Å². The summed E-state index contributed by atoms with van der Waals surface area (Å²) in [7, 11) is -2.81. The number of hydrogen-bond donors (Lipinski definition) is 0. The number of aromatic nitrogens is 1. The molecule has 1 aromatic rings. The van der Waals surface area contributed by atoms with Gasteiger partial charge >= 0.3 is 0 Å². The molecule has 0 spiro atoms. The van der Waals surface area contributed by atoms with Crippen LogP contribution in [0.4, 0.5) is 0 Å². The van der Waals surface area contributed by atoms with Gasteiger partial charge in [-0.25, -0.2) is 9.34 Å². The molecule has 0 aliphatic carbocycles. The van der Waals surface area contributed by atoms with Crippen LogP contribution in [0.1, 0.15) is 33.5 Å². The zero-order valence-corrected chi connectivity index (χ0v) is 12.9. The van der Waals surface area contributed by atoms with Gasteiger partial charge in [0.15, 0.2) is 5.44 Å². The van der Waals surface area contributed by atoms with Crippen LogP contribution in [0.5, 0.6) is 0 Å². The molecule has 0 saturated heterocycles. The second-order valence-corrected chi connectivity index (χ2v) is 6.80. The van der Waals surface area contributed by atoms with Gasteiger partial charge in [-0.2, -0.15) is 0 Å². The van der Waals surface area contributed by atoms with E-state index in [4.69, 9.17) is 4.52 Å². The van der Waals surface area contributed by atoms with Crippen molar-refractivity contribution in [2.24, 2.45) is 0 Å². The van der Waals surface area contributed by atoms with Crippen LogP contribution in [0.2, 0.25) is 0 Å². The van der Waals surface area contributed by atoms with Crippen molar-refractivity contribution in [1.29, 1.82) is 0 Å². The first kappa shape index (κ1) is 15.4. The zero-order chi connectivity index (χ0) is 13.8. The fraction of sp³-hybridized carbons (Fsp3) is 0.750. The molecule has 0 atom stereocenters. The lowest BCUT2D eigenvalue weighted by Gasteiger charge is -2.35. The third-order valence-corrected chi connectivity index (χ3v) is 6.61. The Labute approximate surface area is 110 Å². The predicted octanol–water partition coefficient (Wildman–Crippen LogP) is 2.49. The largest absolute Gasteiger partial charge is 0.361 e. The molecule has 1 heterocycles. The maximum Gasteiger partial charge on any atom is 0.267 e. The fourth-order valence-corrected chi connectivity index (χ4v) is 5.14. The number of rotatable bonds is 7. The molecule has 104 valence electrons. The lowest BCUT2D eigenvalue weighted by atomic mass is 10.5. The van der Waals surface area contributed by atoms with E-state index in [-0.39, 0.29) is 0 Å². The molecule has 1 rings (SSSR count). The highest BCUT2D eigenvalue weighted by atomic mass is 31.2. The van der Waals surface area contributed by atoms with Gasteiger partial charge in [-0.3, -0.25) is 4.57 Å². The van der Waals surface area contributed by atoms with Crippen molar-refractivity contribution in [3.05, 3.63) is 11.8 Å². The predicted molar refractivity (Wildman–Crippen MR) is 74.3 cm³/mol. The Hall–Kier alpha value is -0.640. The summed E-state index contributed by atoms with van der Waals surface area (Å²) in [6.07, 6.45) is 0. The van der Waals surface area contributed by atoms with Gasteiger partial charge in [0, 0.05) is 32.2 Å². The monoisotopic (exact) mass is 273 g/mol. The Bertz CT molecular complexity index is 395. The van der Waals surface area contributed by atoms with Gasteiger partial charge in [-0.05, 0) is 6.92 Å². The molecule has 0 amide bonds. The van der Waals surface area contributed by atoms with Crippen LogP contribution in [0, 0.1) is 6.92 Å². The van der Waals surface area contributed by atoms with Gasteiger partial charge in [0.25, 0.3) is 7.44 Å². The molecule has 0 N–H and O–H groups in total. The molecule has 0 aromatic carbocycles. The quantitative estimate of drug-likeness (QED) is 0.714. The second-order valence-electron chi connectivity index (χ2n) is 4.12. The molecule has 0 saturated carbocycles. The van der Waals surface area contributed by atoms with Crippen molar-refractivity contribution < 1.29 is 9.09 Å². The molecular weight excluding hydrogens is 249 g/mol. The lowest BCUT2D eigenvalue weighted by Crippen LogP contribution is -2.37. The minimum Gasteiger partial charge on any atom is -0.361 e. The summed E-state index contributed by atoms with van der Waals surface area (Å²) < 4.78 is 22.6. The minimum atomic E-state index is -2.81. The third-order valence-electron chi connectivity index (χ3n) is 3.14. The summed E-state index contributed by atoms with van der Waals surface area (Å²) >= 11 is 0. The van der Waals surface area contributed by atoms with Gasteiger partial charge < -0.3 is 4.52 Å². The van der Waals surface area contributed by atoms with E-state index in [2.05, 4.69) is 5.16 Å². The molecule has 0 aliphatic rings. The van der Waals surface area contributed by atoms with E-state index in [1.807, 2.05) is 44.0 Å². The van der Waals surface area contributed by atoms with Crippen LogP contribution < -0.4 is 5.44 Å². The molecule has 0 unspecified atom stereocenters. The van der Waals surface area contributed by atoms with Crippen LogP contribution >= 0.6 is 7.44 Å². The molecule has 0 aliphatic heterocycles. The number of hydrogen-bond acceptors (Lipinski definition) is 3. The highest BCUT2D eigenvalue weighted by molar-refractivity contribution is 7.66. The molecule has 18 heavy (non-hydrogen) atoms. The number of aryl methyl sites for hydroxylation is 1. The van der Waals surface area contributed by atoms with Crippen molar-refractivity contribution in [3.63, 3.8) is 0 Å². The Kier molecular flexibility index (Phi) is 5.57. The molecule has 5 nitrogen and oxygen atoms in total. The molecule has 6 heteroatoms. The van der Waals surface area contributed by atoms with Crippen LogP contribution in [0.3, 0.4) is 0 Å². The van der Waals surface area contributed by atoms with Gasteiger partial charge in [0.2, 0.25) is 0 Å². The molecule has 0 radical (unpaired) electrons. The second kappa shape index (κ2) is 6.50. The number of nitrogens with zero attached hydrogens (tertiary/aromatic N) is 3. The Morgan fingerprint density at radius 3 is 1.83 bits per heavy atom. The van der Waals surface area contributed by atoms with Crippen molar-refractivity contribution in [1.82, 2.24) is 14.5 Å². The van der Waals surface area contributed by atoms with Crippen LogP contribution in [-0.2, 0) is 4.57 Å². The molecule has 0 fully saturated rings. The average Bonchev–Trinajstić information content (AvgIpc) is 2.79. The molecule has 1 aromatic heterocycles. The Balaban J connectivity index is 3.28. The van der Waals surface area contributed by atoms with Crippen molar-refractivity contribution in [3.8, 4) is 0 Å². The van der Waals surface area contributed by atoms with E-state index in [0.717, 1.165) is 26.2 Å². The fourth-order valence-electron chi connectivity index (χ4n) is 2.17. The van der Waals surface area contributed by atoms with Gasteiger partial charge in [-0.1, -0.05) is 32.9 Å². The van der Waals surface area contributed by atoms with E-state index in [1.165, 1.54) is 0 Å². The summed E-state index contributed by atoms with van der Waals surface area (Å²) in [6.45, 7) is 12.8. The SMILES string of the molecule is CCN(CC)P(=O)(c1cc(C)on1)N(CC)CC. The highest BCUT2D eigenvalue weighted by Crippen LogP contribution is 2.51. The van der Waals surface area contributed by atoms with E-state index < -0.39 is 7.44 Å². The summed E-state index contributed by atoms with van der Waals surface area (Å²) in [5.41, 5.74) is 0.562. The third kappa shape index (κ3) is 2.68. The Morgan fingerprint density at radius 1 is 1.11 bits per heavy atom. The maximum absolute atomic E-state index is 13.5. The van der Waals surface area contributed by atoms with Crippen LogP contribution in [0.25, 0.3) is 0 Å². The first-order valence-electron chi connectivity index (χ1n) is 6.59. The van der Waals surface area contributed by atoms with Gasteiger partial charge in [-0.15, -0.1) is 0 Å². The summed E-state index contributed by atoms with van der Waals surface area (Å²) in [5, 5.41) is 4.00. The minimum absolute atomic E-state index is 0.562. The average molecular weight is 273 g/mol. The van der Waals surface area contributed by atoms with E-state index in [0.29, 0.717) is 11.2 Å². The normalized spacial score (nSPS) is 12.6. The zero-order valence-electron chi connectivity index (χ0n) is 12.0. The summed E-state index contributed by atoms with van der Waals surface area (Å²) in [6, 6.07) is 1.79. The van der Waals surface area contributed by atoms with Crippen LogP contribution in [0.15, 0.2) is 10.6 Å². The van der Waals surface area contributed by atoms with Crippen molar-refractivity contribution in [2.45, 2.75) is 34.6 Å². The first-order valence-corrected chi connectivity index (χ1v) is 8.20. The van der Waals surface area contributed by atoms with Gasteiger partial charge in [0.05, 0.1) is 0 Å². The topological polar surface area (TPSA) is 49.6 Å². The van der Waals surface area contributed by atoms with E-state index in [9.17, 15) is 4.57 Å². The molecule has 0 bridgehead atoms. The van der Waals surface area contributed by atoms with E-state index >= 15 is 0 Å². The Morgan fingerprint density at radius 2 is 1.56 bits per heavy atom. The summed E-state index contributed by atoms with van der Waals surface area (Å²) in [5.74, 6) is 0.699. The van der Waals surface area contributed by atoms with Crippen LogP contribution in [-0.4, -0.2) is 40.7 Å². The standard InChI is InChI=1S/C12H24N3O2P/c1-6-14(7-2)18(16,15(8-3)9-4)12-10-11(5)17-13-12/h10H,6-9H2,1-5H3. The van der Waals surface area contributed by atoms with E-state index in [1.54, 1.807) is 6.07 Å². The first-order chi connectivity index (χ1) is 8.54. The maximum atomic E-state index is 13.5. The smallest absolute Gasteiger partial charge is 0.267 e. The summed E-state index contributed by atoms with van der Waals surface area (Å²) in [4.78, 5) is 0. The van der Waals surface area contributed by atoms with Gasteiger partial charge in [0.1, 0.15) is 5.76 Å².